The first-order chi connectivity index (χ1) is 11.0. The van der Waals surface area contributed by atoms with Gasteiger partial charge in [0.15, 0.2) is 0 Å². The summed E-state index contributed by atoms with van der Waals surface area (Å²) < 4.78 is 6.24. The Hall–Kier alpha value is -2.04. The van der Waals surface area contributed by atoms with Gasteiger partial charge in [-0.2, -0.15) is 0 Å². The van der Waals surface area contributed by atoms with Crippen molar-refractivity contribution in [1.29, 1.82) is 0 Å². The SMILES string of the molecule is Cc1cccc(C)c1OC(C)C1CC(c2cccc(N)c2)NN1. The summed E-state index contributed by atoms with van der Waals surface area (Å²) in [4.78, 5) is 0. The van der Waals surface area contributed by atoms with Gasteiger partial charge in [0.25, 0.3) is 0 Å². The van der Waals surface area contributed by atoms with E-state index in [2.05, 4.69) is 55.9 Å². The molecule has 1 heterocycles. The Balaban J connectivity index is 1.67. The molecule has 23 heavy (non-hydrogen) atoms. The van der Waals surface area contributed by atoms with Crippen LogP contribution in [0.1, 0.15) is 36.1 Å². The molecule has 3 unspecified atom stereocenters. The van der Waals surface area contributed by atoms with Crippen LogP contribution in [0.5, 0.6) is 5.75 Å². The van der Waals surface area contributed by atoms with E-state index in [4.69, 9.17) is 10.5 Å². The fourth-order valence-electron chi connectivity index (χ4n) is 3.14. The first-order valence-corrected chi connectivity index (χ1v) is 8.14. The van der Waals surface area contributed by atoms with E-state index in [1.807, 2.05) is 18.2 Å². The van der Waals surface area contributed by atoms with Crippen molar-refractivity contribution >= 4 is 5.69 Å². The summed E-state index contributed by atoms with van der Waals surface area (Å²) in [7, 11) is 0. The summed E-state index contributed by atoms with van der Waals surface area (Å²) >= 11 is 0. The minimum atomic E-state index is 0.0772. The second kappa shape index (κ2) is 6.60. The molecule has 1 aliphatic rings. The van der Waals surface area contributed by atoms with Crippen LogP contribution in [0.15, 0.2) is 42.5 Å². The normalized spacial score (nSPS) is 22.0. The van der Waals surface area contributed by atoms with Gasteiger partial charge >= 0.3 is 0 Å². The molecule has 0 saturated carbocycles. The van der Waals surface area contributed by atoms with Crippen molar-refractivity contribution in [3.63, 3.8) is 0 Å². The van der Waals surface area contributed by atoms with Crippen LogP contribution >= 0.6 is 0 Å². The molecule has 122 valence electrons. The van der Waals surface area contributed by atoms with Crippen molar-refractivity contribution in [2.24, 2.45) is 0 Å². The highest BCUT2D eigenvalue weighted by molar-refractivity contribution is 5.42. The van der Waals surface area contributed by atoms with E-state index >= 15 is 0 Å². The highest BCUT2D eigenvalue weighted by Crippen LogP contribution is 2.28. The number of ether oxygens (including phenoxy) is 1. The summed E-state index contributed by atoms with van der Waals surface area (Å²) in [6.45, 7) is 6.29. The summed E-state index contributed by atoms with van der Waals surface area (Å²) in [5.41, 5.74) is 17.0. The molecule has 4 nitrogen and oxygen atoms in total. The van der Waals surface area contributed by atoms with Crippen LogP contribution in [0, 0.1) is 13.8 Å². The zero-order valence-electron chi connectivity index (χ0n) is 14.0. The number of hydrazine groups is 1. The van der Waals surface area contributed by atoms with Gasteiger partial charge in [-0.05, 0) is 56.0 Å². The molecule has 3 rings (SSSR count). The number of hydrogen-bond donors (Lipinski definition) is 3. The Morgan fingerprint density at radius 2 is 1.78 bits per heavy atom. The van der Waals surface area contributed by atoms with Crippen LogP contribution in [0.25, 0.3) is 0 Å². The van der Waals surface area contributed by atoms with Crippen molar-refractivity contribution in [2.75, 3.05) is 5.73 Å². The molecule has 4 N–H and O–H groups in total. The lowest BCUT2D eigenvalue weighted by Crippen LogP contribution is -2.40. The van der Waals surface area contributed by atoms with E-state index in [1.165, 1.54) is 16.7 Å². The van der Waals surface area contributed by atoms with Crippen LogP contribution < -0.4 is 21.3 Å². The standard InChI is InChI=1S/C19H25N3O/c1-12-6-4-7-13(2)19(12)23-14(3)17-11-18(22-21-17)15-8-5-9-16(20)10-15/h4-10,14,17-18,21-22H,11,20H2,1-3H3. The summed E-state index contributed by atoms with van der Waals surface area (Å²) in [6.07, 6.45) is 1.04. The van der Waals surface area contributed by atoms with Crippen molar-refractivity contribution in [3.05, 3.63) is 59.2 Å². The van der Waals surface area contributed by atoms with E-state index in [9.17, 15) is 0 Å². The molecule has 3 atom stereocenters. The number of para-hydroxylation sites is 1. The fraction of sp³-hybridized carbons (Fsp3) is 0.368. The van der Waals surface area contributed by atoms with Gasteiger partial charge in [0, 0.05) is 11.7 Å². The molecule has 2 aromatic rings. The summed E-state index contributed by atoms with van der Waals surface area (Å²) in [5, 5.41) is 0. The van der Waals surface area contributed by atoms with Gasteiger partial charge in [-0.3, -0.25) is 5.43 Å². The number of nitrogens with one attached hydrogen (secondary N) is 2. The second-order valence-corrected chi connectivity index (χ2v) is 6.40. The summed E-state index contributed by atoms with van der Waals surface area (Å²) in [6, 6.07) is 14.8. The zero-order chi connectivity index (χ0) is 16.4. The monoisotopic (exact) mass is 311 g/mol. The van der Waals surface area contributed by atoms with Gasteiger partial charge in [0.2, 0.25) is 0 Å². The number of hydrogen-bond acceptors (Lipinski definition) is 4. The number of benzene rings is 2. The van der Waals surface area contributed by atoms with Crippen molar-refractivity contribution < 1.29 is 4.74 Å². The molecular formula is C19H25N3O. The van der Waals surface area contributed by atoms with Gasteiger partial charge in [-0.15, -0.1) is 0 Å². The Kier molecular flexibility index (Phi) is 4.55. The van der Waals surface area contributed by atoms with E-state index < -0.39 is 0 Å². The minimum absolute atomic E-state index is 0.0772. The molecule has 1 aliphatic heterocycles. The molecule has 0 amide bonds. The maximum atomic E-state index is 6.24. The first kappa shape index (κ1) is 15.8. The van der Waals surface area contributed by atoms with Crippen LogP contribution in [0.2, 0.25) is 0 Å². The van der Waals surface area contributed by atoms with E-state index in [-0.39, 0.29) is 18.2 Å². The lowest BCUT2D eigenvalue weighted by atomic mass is 9.99. The molecule has 0 aliphatic carbocycles. The molecule has 0 bridgehead atoms. The van der Waals surface area contributed by atoms with Crippen LogP contribution in [0.3, 0.4) is 0 Å². The van der Waals surface area contributed by atoms with Gasteiger partial charge in [-0.25, -0.2) is 5.43 Å². The molecule has 1 saturated heterocycles. The van der Waals surface area contributed by atoms with Crippen molar-refractivity contribution in [2.45, 2.75) is 45.4 Å². The predicted octanol–water partition coefficient (Wildman–Crippen LogP) is 3.26. The largest absolute Gasteiger partial charge is 0.488 e. The predicted molar refractivity (Wildman–Crippen MR) is 94.3 cm³/mol. The molecule has 0 aromatic heterocycles. The minimum Gasteiger partial charge on any atom is -0.488 e. The number of nitrogens with two attached hydrogens (primary N) is 1. The third-order valence-corrected chi connectivity index (χ3v) is 4.52. The van der Waals surface area contributed by atoms with Gasteiger partial charge in [0.1, 0.15) is 11.9 Å². The number of rotatable bonds is 4. The topological polar surface area (TPSA) is 59.3 Å². The lowest BCUT2D eigenvalue weighted by Gasteiger charge is -2.23. The van der Waals surface area contributed by atoms with Crippen molar-refractivity contribution in [1.82, 2.24) is 10.9 Å². The Morgan fingerprint density at radius 1 is 1.09 bits per heavy atom. The van der Waals surface area contributed by atoms with Gasteiger partial charge in [-0.1, -0.05) is 30.3 Å². The first-order valence-electron chi connectivity index (χ1n) is 8.14. The third-order valence-electron chi connectivity index (χ3n) is 4.52. The molecule has 2 aromatic carbocycles. The maximum Gasteiger partial charge on any atom is 0.125 e. The van der Waals surface area contributed by atoms with Gasteiger partial charge < -0.3 is 10.5 Å². The van der Waals surface area contributed by atoms with Crippen LogP contribution in [-0.4, -0.2) is 12.1 Å². The van der Waals surface area contributed by atoms with Crippen LogP contribution in [-0.2, 0) is 0 Å². The Labute approximate surface area is 138 Å². The molecule has 1 fully saturated rings. The van der Waals surface area contributed by atoms with E-state index in [1.54, 1.807) is 0 Å². The number of nitrogen functional groups attached to an aromatic ring is 1. The molecular weight excluding hydrogens is 286 g/mol. The Bertz CT molecular complexity index is 666. The highest BCUT2D eigenvalue weighted by Gasteiger charge is 2.30. The highest BCUT2D eigenvalue weighted by atomic mass is 16.5. The zero-order valence-corrected chi connectivity index (χ0v) is 14.0. The smallest absolute Gasteiger partial charge is 0.125 e. The molecule has 4 heteroatoms. The van der Waals surface area contributed by atoms with Gasteiger partial charge in [0.05, 0.1) is 6.04 Å². The van der Waals surface area contributed by atoms with E-state index in [0.29, 0.717) is 0 Å². The second-order valence-electron chi connectivity index (χ2n) is 6.40. The average Bonchev–Trinajstić information content (AvgIpc) is 3.01. The average molecular weight is 311 g/mol. The van der Waals surface area contributed by atoms with E-state index in [0.717, 1.165) is 17.9 Å². The third kappa shape index (κ3) is 3.49. The maximum absolute atomic E-state index is 6.24. The summed E-state index contributed by atoms with van der Waals surface area (Å²) in [5.74, 6) is 0.995. The quantitative estimate of drug-likeness (QED) is 0.759. The van der Waals surface area contributed by atoms with Crippen molar-refractivity contribution in [3.8, 4) is 5.75 Å². The number of aryl methyl sites for hydroxylation is 2. The van der Waals surface area contributed by atoms with Crippen LogP contribution in [0.4, 0.5) is 5.69 Å². The lowest BCUT2D eigenvalue weighted by molar-refractivity contribution is 0.174. The molecule has 0 spiro atoms. The Morgan fingerprint density at radius 3 is 2.48 bits per heavy atom. The number of anilines is 1. The fourth-order valence-corrected chi connectivity index (χ4v) is 3.14. The molecule has 0 radical (unpaired) electrons.